The maximum atomic E-state index is 11.5. The molecule has 2 unspecified atom stereocenters. The Kier molecular flexibility index (Phi) is 4.99. The van der Waals surface area contributed by atoms with Crippen molar-refractivity contribution in [1.82, 2.24) is 10.2 Å². The van der Waals surface area contributed by atoms with Crippen LogP contribution in [-0.2, 0) is 4.79 Å². The summed E-state index contributed by atoms with van der Waals surface area (Å²) in [6.07, 6.45) is 4.31. The van der Waals surface area contributed by atoms with Crippen molar-refractivity contribution < 1.29 is 14.3 Å². The Balaban J connectivity index is 2.00. The Hall–Kier alpha value is -1.33. The van der Waals surface area contributed by atoms with Gasteiger partial charge < -0.3 is 14.8 Å². The van der Waals surface area contributed by atoms with Crippen LogP contribution in [0, 0.1) is 0 Å². The number of rotatable bonds is 5. The summed E-state index contributed by atoms with van der Waals surface area (Å²) in [7, 11) is 0. The number of nitrogens with zero attached hydrogens (tertiary/aromatic N) is 1. The van der Waals surface area contributed by atoms with E-state index in [-0.39, 0.29) is 11.9 Å². The van der Waals surface area contributed by atoms with Crippen LogP contribution in [0.15, 0.2) is 22.8 Å². The van der Waals surface area contributed by atoms with E-state index in [0.29, 0.717) is 6.54 Å². The molecule has 1 aliphatic rings. The first-order chi connectivity index (χ1) is 9.18. The number of hydrogen-bond acceptors (Lipinski definition) is 4. The first-order valence-electron chi connectivity index (χ1n) is 6.91. The van der Waals surface area contributed by atoms with Crippen molar-refractivity contribution in [3.05, 3.63) is 24.2 Å². The third-order valence-electron chi connectivity index (χ3n) is 3.55. The van der Waals surface area contributed by atoms with Gasteiger partial charge in [-0.2, -0.15) is 0 Å². The van der Waals surface area contributed by atoms with Crippen LogP contribution in [0.25, 0.3) is 0 Å². The van der Waals surface area contributed by atoms with Gasteiger partial charge in [-0.05, 0) is 45.0 Å². The zero-order chi connectivity index (χ0) is 13.7. The molecule has 1 aromatic heterocycles. The van der Waals surface area contributed by atoms with E-state index in [1.54, 1.807) is 6.26 Å². The van der Waals surface area contributed by atoms with Crippen molar-refractivity contribution in [1.29, 1.82) is 0 Å². The molecule has 1 aromatic rings. The molecule has 1 fully saturated rings. The number of amides is 1. The molecule has 19 heavy (non-hydrogen) atoms. The van der Waals surface area contributed by atoms with E-state index in [1.165, 1.54) is 26.2 Å². The number of carbonyl (C=O) groups excluding carboxylic acids is 1. The Bertz CT molecular complexity index is 383. The Morgan fingerprint density at radius 2 is 2.21 bits per heavy atom. The van der Waals surface area contributed by atoms with Gasteiger partial charge in [0.15, 0.2) is 0 Å². The molecule has 5 heteroatoms. The number of piperidine rings is 1. The fourth-order valence-electron chi connectivity index (χ4n) is 2.47. The van der Waals surface area contributed by atoms with E-state index in [1.807, 2.05) is 12.1 Å². The van der Waals surface area contributed by atoms with E-state index < -0.39 is 6.10 Å². The molecular formula is C14H22N2O3. The van der Waals surface area contributed by atoms with Crippen LogP contribution in [-0.4, -0.2) is 41.7 Å². The zero-order valence-corrected chi connectivity index (χ0v) is 11.3. The molecule has 1 amide bonds. The summed E-state index contributed by atoms with van der Waals surface area (Å²) < 4.78 is 5.49. The second-order valence-electron chi connectivity index (χ2n) is 5.05. The average molecular weight is 266 g/mol. The van der Waals surface area contributed by atoms with E-state index in [9.17, 15) is 9.90 Å². The highest BCUT2D eigenvalue weighted by Gasteiger charge is 2.25. The van der Waals surface area contributed by atoms with Crippen molar-refractivity contribution in [2.24, 2.45) is 0 Å². The van der Waals surface area contributed by atoms with E-state index >= 15 is 0 Å². The summed E-state index contributed by atoms with van der Waals surface area (Å²) in [5, 5.41) is 12.0. The quantitative estimate of drug-likeness (QED) is 0.843. The predicted molar refractivity (Wildman–Crippen MR) is 71.6 cm³/mol. The molecular weight excluding hydrogens is 244 g/mol. The second-order valence-corrected chi connectivity index (χ2v) is 5.05. The molecule has 0 saturated carbocycles. The van der Waals surface area contributed by atoms with Crippen LogP contribution in [0.2, 0.25) is 0 Å². The summed E-state index contributed by atoms with van der Waals surface area (Å²) in [5.41, 5.74) is 0. The van der Waals surface area contributed by atoms with Gasteiger partial charge in [0.25, 0.3) is 0 Å². The first kappa shape index (κ1) is 14.1. The summed E-state index contributed by atoms with van der Waals surface area (Å²) in [6.45, 7) is 3.99. The number of furan rings is 1. The number of hydrogen-bond donors (Lipinski definition) is 2. The van der Waals surface area contributed by atoms with Gasteiger partial charge >= 0.3 is 0 Å². The standard InChI is InChI=1S/C14H22N2O3/c1-11(17)14(18)15-10-12(13-6-5-9-19-13)16-7-3-2-4-8-16/h5-6,9,11-12,17H,2-4,7-8,10H2,1H3,(H,15,18). The number of nitrogens with one attached hydrogen (secondary N) is 1. The molecule has 2 atom stereocenters. The van der Waals surface area contributed by atoms with Gasteiger partial charge in [-0.15, -0.1) is 0 Å². The predicted octanol–water partition coefficient (Wildman–Crippen LogP) is 1.30. The summed E-state index contributed by atoms with van der Waals surface area (Å²) in [6, 6.07) is 3.86. The highest BCUT2D eigenvalue weighted by Crippen LogP contribution is 2.24. The number of aliphatic hydroxyl groups is 1. The summed E-state index contributed by atoms with van der Waals surface area (Å²) >= 11 is 0. The minimum absolute atomic E-state index is 0.0537. The molecule has 5 nitrogen and oxygen atoms in total. The fourth-order valence-corrected chi connectivity index (χ4v) is 2.47. The molecule has 2 N–H and O–H groups in total. The minimum atomic E-state index is -0.974. The third-order valence-corrected chi connectivity index (χ3v) is 3.55. The highest BCUT2D eigenvalue weighted by atomic mass is 16.3. The monoisotopic (exact) mass is 266 g/mol. The highest BCUT2D eigenvalue weighted by molar-refractivity contribution is 5.79. The summed E-state index contributed by atoms with van der Waals surface area (Å²) in [5.74, 6) is 0.529. The molecule has 0 aliphatic carbocycles. The van der Waals surface area contributed by atoms with E-state index in [4.69, 9.17) is 4.42 Å². The Labute approximate surface area is 113 Å². The lowest BCUT2D eigenvalue weighted by molar-refractivity contribution is -0.128. The van der Waals surface area contributed by atoms with Gasteiger partial charge in [-0.1, -0.05) is 6.42 Å². The largest absolute Gasteiger partial charge is 0.468 e. The zero-order valence-electron chi connectivity index (χ0n) is 11.3. The lowest BCUT2D eigenvalue weighted by Gasteiger charge is -2.33. The minimum Gasteiger partial charge on any atom is -0.468 e. The Morgan fingerprint density at radius 1 is 1.47 bits per heavy atom. The van der Waals surface area contributed by atoms with Crippen LogP contribution < -0.4 is 5.32 Å². The van der Waals surface area contributed by atoms with Gasteiger partial charge in [-0.25, -0.2) is 0 Å². The fraction of sp³-hybridized carbons (Fsp3) is 0.643. The van der Waals surface area contributed by atoms with Gasteiger partial charge in [0.2, 0.25) is 5.91 Å². The van der Waals surface area contributed by atoms with Crippen molar-refractivity contribution in [3.8, 4) is 0 Å². The number of carbonyl (C=O) groups is 1. The van der Waals surface area contributed by atoms with Gasteiger partial charge in [-0.3, -0.25) is 9.69 Å². The maximum Gasteiger partial charge on any atom is 0.248 e. The van der Waals surface area contributed by atoms with Crippen molar-refractivity contribution in [2.75, 3.05) is 19.6 Å². The van der Waals surface area contributed by atoms with Gasteiger partial charge in [0, 0.05) is 6.54 Å². The second kappa shape index (κ2) is 6.73. The number of aliphatic hydroxyl groups excluding tert-OH is 1. The lowest BCUT2D eigenvalue weighted by atomic mass is 10.1. The normalized spacial score (nSPS) is 19.9. The Morgan fingerprint density at radius 3 is 2.79 bits per heavy atom. The SMILES string of the molecule is CC(O)C(=O)NCC(c1ccco1)N1CCCCC1. The van der Waals surface area contributed by atoms with Crippen LogP contribution in [0.4, 0.5) is 0 Å². The van der Waals surface area contributed by atoms with E-state index in [0.717, 1.165) is 18.8 Å². The van der Waals surface area contributed by atoms with Crippen LogP contribution in [0.3, 0.4) is 0 Å². The average Bonchev–Trinajstić information content (AvgIpc) is 2.94. The van der Waals surface area contributed by atoms with Crippen molar-refractivity contribution in [3.63, 3.8) is 0 Å². The van der Waals surface area contributed by atoms with Gasteiger partial charge in [0.1, 0.15) is 11.9 Å². The van der Waals surface area contributed by atoms with Crippen molar-refractivity contribution in [2.45, 2.75) is 38.3 Å². The number of likely N-dealkylation sites (tertiary alicyclic amines) is 1. The van der Waals surface area contributed by atoms with Gasteiger partial charge in [0.05, 0.1) is 12.3 Å². The van der Waals surface area contributed by atoms with Crippen molar-refractivity contribution >= 4 is 5.91 Å². The molecule has 0 spiro atoms. The lowest BCUT2D eigenvalue weighted by Crippen LogP contribution is -2.42. The molecule has 0 bridgehead atoms. The summed E-state index contributed by atoms with van der Waals surface area (Å²) in [4.78, 5) is 13.8. The third kappa shape index (κ3) is 3.81. The van der Waals surface area contributed by atoms with E-state index in [2.05, 4.69) is 10.2 Å². The molecule has 1 saturated heterocycles. The smallest absolute Gasteiger partial charge is 0.248 e. The van der Waals surface area contributed by atoms with Crippen LogP contribution in [0.1, 0.15) is 38.0 Å². The maximum absolute atomic E-state index is 11.5. The molecule has 2 rings (SSSR count). The topological polar surface area (TPSA) is 65.7 Å². The van der Waals surface area contributed by atoms with Crippen LogP contribution in [0.5, 0.6) is 0 Å². The van der Waals surface area contributed by atoms with Crippen LogP contribution >= 0.6 is 0 Å². The molecule has 2 heterocycles. The molecule has 1 aliphatic heterocycles. The molecule has 0 aromatic carbocycles. The molecule has 106 valence electrons. The molecule has 0 radical (unpaired) electrons. The first-order valence-corrected chi connectivity index (χ1v) is 6.91.